The number of fused-ring (bicyclic) bond motifs is 2. The molecule has 0 unspecified atom stereocenters. The van der Waals surface area contributed by atoms with Gasteiger partial charge in [-0.1, -0.05) is 48.5 Å². The first-order valence-corrected chi connectivity index (χ1v) is 12.8. The van der Waals surface area contributed by atoms with Crippen LogP contribution in [0.4, 0.5) is 4.39 Å². The standard InChI is InChI=1S/C31H25FO9/c1-15(33)39-24-14-38-29(31(41-17(3)35)30(24)40-16(2)34)23-13-12-20(18-8-10-19(32)11-9-18)25-26(23)28(37)22-7-5-4-6-21(22)27(25)36/h4-13,24,29-31H,14H2,1-3H3/t24-,29+,30+,31+/m1/s1. The topological polar surface area (TPSA) is 122 Å². The lowest BCUT2D eigenvalue weighted by molar-refractivity contribution is -0.227. The lowest BCUT2D eigenvalue weighted by Crippen LogP contribution is -2.54. The number of hydrogen-bond acceptors (Lipinski definition) is 9. The van der Waals surface area contributed by atoms with E-state index in [1.807, 2.05) is 0 Å². The van der Waals surface area contributed by atoms with Crippen molar-refractivity contribution in [1.82, 2.24) is 0 Å². The van der Waals surface area contributed by atoms with Gasteiger partial charge < -0.3 is 18.9 Å². The number of carbonyl (C=O) groups is 5. The van der Waals surface area contributed by atoms with Crippen molar-refractivity contribution < 1.29 is 47.3 Å². The van der Waals surface area contributed by atoms with Gasteiger partial charge in [0.15, 0.2) is 29.9 Å². The van der Waals surface area contributed by atoms with Crippen LogP contribution in [0.15, 0.2) is 60.7 Å². The highest BCUT2D eigenvalue weighted by Gasteiger charge is 2.49. The minimum absolute atomic E-state index is 0.0187. The molecule has 0 spiro atoms. The second kappa shape index (κ2) is 11.1. The van der Waals surface area contributed by atoms with Crippen LogP contribution in [0.25, 0.3) is 11.1 Å². The van der Waals surface area contributed by atoms with Crippen LogP contribution in [0.1, 0.15) is 64.3 Å². The summed E-state index contributed by atoms with van der Waals surface area (Å²) in [6.07, 6.45) is -4.90. The lowest BCUT2D eigenvalue weighted by Gasteiger charge is -2.41. The van der Waals surface area contributed by atoms with E-state index in [1.165, 1.54) is 37.3 Å². The van der Waals surface area contributed by atoms with Crippen molar-refractivity contribution in [3.8, 4) is 11.1 Å². The van der Waals surface area contributed by atoms with Crippen molar-refractivity contribution in [1.29, 1.82) is 0 Å². The number of ether oxygens (including phenoxy) is 4. The summed E-state index contributed by atoms with van der Waals surface area (Å²) in [6.45, 7) is 3.21. The molecule has 41 heavy (non-hydrogen) atoms. The summed E-state index contributed by atoms with van der Waals surface area (Å²) in [5.74, 6) is -3.50. The van der Waals surface area contributed by atoms with Gasteiger partial charge in [-0.15, -0.1) is 0 Å². The monoisotopic (exact) mass is 560 g/mol. The van der Waals surface area contributed by atoms with Crippen molar-refractivity contribution in [3.63, 3.8) is 0 Å². The van der Waals surface area contributed by atoms with Crippen molar-refractivity contribution in [2.24, 2.45) is 0 Å². The molecule has 0 amide bonds. The van der Waals surface area contributed by atoms with E-state index in [9.17, 15) is 28.4 Å². The summed E-state index contributed by atoms with van der Waals surface area (Å²) in [5, 5.41) is 0. The Hall–Kier alpha value is -4.70. The van der Waals surface area contributed by atoms with Gasteiger partial charge in [-0.25, -0.2) is 4.39 Å². The normalized spacial score (nSPS) is 21.4. The van der Waals surface area contributed by atoms with E-state index >= 15 is 0 Å². The molecule has 3 aromatic carbocycles. The Balaban J connectivity index is 1.72. The Kier molecular flexibility index (Phi) is 7.51. The maximum atomic E-state index is 14.0. The summed E-state index contributed by atoms with van der Waals surface area (Å²) in [7, 11) is 0. The van der Waals surface area contributed by atoms with Gasteiger partial charge in [-0.3, -0.25) is 24.0 Å². The van der Waals surface area contributed by atoms with Crippen LogP contribution in [0.3, 0.4) is 0 Å². The maximum absolute atomic E-state index is 14.0. The van der Waals surface area contributed by atoms with Crippen molar-refractivity contribution in [2.45, 2.75) is 45.2 Å². The average Bonchev–Trinajstić information content (AvgIpc) is 2.92. The van der Waals surface area contributed by atoms with Gasteiger partial charge in [0.05, 0.1) is 6.61 Å². The largest absolute Gasteiger partial charge is 0.456 e. The average molecular weight is 561 g/mol. The number of rotatable bonds is 5. The minimum atomic E-state index is -1.34. The summed E-state index contributed by atoms with van der Waals surface area (Å²) < 4.78 is 36.1. The zero-order chi connectivity index (χ0) is 29.4. The van der Waals surface area contributed by atoms with Gasteiger partial charge in [0, 0.05) is 43.0 Å². The Labute approximate surface area is 234 Å². The molecule has 0 aromatic heterocycles. The number of benzene rings is 3. The Morgan fingerprint density at radius 3 is 1.85 bits per heavy atom. The highest BCUT2D eigenvalue weighted by Crippen LogP contribution is 2.42. The minimum Gasteiger partial charge on any atom is -0.456 e. The summed E-state index contributed by atoms with van der Waals surface area (Å²) in [4.78, 5) is 64.0. The predicted molar refractivity (Wildman–Crippen MR) is 140 cm³/mol. The third-order valence-electron chi connectivity index (χ3n) is 6.92. The highest BCUT2D eigenvalue weighted by atomic mass is 19.1. The van der Waals surface area contributed by atoms with Crippen molar-refractivity contribution in [3.05, 3.63) is 94.3 Å². The van der Waals surface area contributed by atoms with E-state index in [4.69, 9.17) is 18.9 Å². The zero-order valence-electron chi connectivity index (χ0n) is 22.3. The number of halogens is 1. The molecule has 0 radical (unpaired) electrons. The fraction of sp³-hybridized carbons (Fsp3) is 0.258. The molecule has 1 heterocycles. The molecule has 3 aromatic rings. The smallest absolute Gasteiger partial charge is 0.303 e. The van der Waals surface area contributed by atoms with E-state index in [2.05, 4.69) is 0 Å². The summed E-state index contributed by atoms with van der Waals surface area (Å²) >= 11 is 0. The molecule has 1 aliphatic heterocycles. The third kappa shape index (κ3) is 5.26. The van der Waals surface area contributed by atoms with E-state index in [0.29, 0.717) is 11.1 Å². The van der Waals surface area contributed by atoms with Gasteiger partial charge in [0.25, 0.3) is 0 Å². The maximum Gasteiger partial charge on any atom is 0.303 e. The second-order valence-corrected chi connectivity index (χ2v) is 9.71. The molecule has 10 heteroatoms. The van der Waals surface area contributed by atoms with Crippen LogP contribution < -0.4 is 0 Å². The quantitative estimate of drug-likeness (QED) is 0.262. The first-order chi connectivity index (χ1) is 19.6. The molecular weight excluding hydrogens is 535 g/mol. The van der Waals surface area contributed by atoms with E-state index in [-0.39, 0.29) is 34.4 Å². The van der Waals surface area contributed by atoms with E-state index in [1.54, 1.807) is 30.3 Å². The number of carbonyl (C=O) groups excluding carboxylic acids is 5. The summed E-state index contributed by atoms with van der Waals surface area (Å²) in [6, 6.07) is 15.0. The Morgan fingerprint density at radius 2 is 1.27 bits per heavy atom. The van der Waals surface area contributed by atoms with Crippen molar-refractivity contribution in [2.75, 3.05) is 6.61 Å². The van der Waals surface area contributed by atoms with E-state index in [0.717, 1.165) is 13.8 Å². The molecule has 1 fully saturated rings. The molecule has 210 valence electrons. The molecular formula is C31H25FO9. The molecule has 1 saturated heterocycles. The fourth-order valence-electron chi connectivity index (χ4n) is 5.36. The second-order valence-electron chi connectivity index (χ2n) is 9.71. The molecule has 2 aliphatic rings. The lowest BCUT2D eigenvalue weighted by atomic mass is 9.76. The van der Waals surface area contributed by atoms with Crippen LogP contribution in [0.5, 0.6) is 0 Å². The molecule has 4 atom stereocenters. The third-order valence-corrected chi connectivity index (χ3v) is 6.92. The van der Waals surface area contributed by atoms with Crippen LogP contribution >= 0.6 is 0 Å². The number of ketones is 2. The molecule has 0 saturated carbocycles. The van der Waals surface area contributed by atoms with Crippen LogP contribution in [0, 0.1) is 5.82 Å². The highest BCUT2D eigenvalue weighted by molar-refractivity contribution is 6.30. The van der Waals surface area contributed by atoms with E-state index < -0.39 is 59.7 Å². The SMILES string of the molecule is CC(=O)O[C@@H]1[C@@H](OC(C)=O)[C@H](c2ccc(-c3ccc(F)cc3)c3c2C(=O)c2ccccc2C3=O)OC[C@H]1OC(C)=O. The van der Waals surface area contributed by atoms with Gasteiger partial charge in [0.1, 0.15) is 11.9 Å². The molecule has 5 rings (SSSR count). The van der Waals surface area contributed by atoms with Gasteiger partial charge in [0.2, 0.25) is 0 Å². The number of esters is 3. The van der Waals surface area contributed by atoms with Crippen molar-refractivity contribution >= 4 is 29.5 Å². The first-order valence-electron chi connectivity index (χ1n) is 12.8. The summed E-state index contributed by atoms with van der Waals surface area (Å²) in [5.41, 5.74) is 1.59. The fourth-order valence-corrected chi connectivity index (χ4v) is 5.36. The van der Waals surface area contributed by atoms with Gasteiger partial charge >= 0.3 is 17.9 Å². The van der Waals surface area contributed by atoms with Gasteiger partial charge in [-0.2, -0.15) is 0 Å². The van der Waals surface area contributed by atoms with Crippen LogP contribution in [-0.4, -0.2) is 54.4 Å². The predicted octanol–water partition coefficient (Wildman–Crippen LogP) is 4.13. The first kappa shape index (κ1) is 27.9. The molecule has 1 aliphatic carbocycles. The van der Waals surface area contributed by atoms with Crippen LogP contribution in [0.2, 0.25) is 0 Å². The molecule has 0 bridgehead atoms. The Morgan fingerprint density at radius 1 is 0.707 bits per heavy atom. The molecule has 0 N–H and O–H groups in total. The Bertz CT molecular complexity index is 1580. The molecule has 9 nitrogen and oxygen atoms in total. The van der Waals surface area contributed by atoms with Crippen LogP contribution in [-0.2, 0) is 33.3 Å². The number of hydrogen-bond donors (Lipinski definition) is 0. The zero-order valence-corrected chi connectivity index (χ0v) is 22.3. The van der Waals surface area contributed by atoms with Gasteiger partial charge in [-0.05, 0) is 28.8 Å².